The van der Waals surface area contributed by atoms with Gasteiger partial charge in [0.2, 0.25) is 5.91 Å². The molecule has 0 fully saturated rings. The molecular weight excluding hydrogens is 654 g/mol. The molecule has 0 radical (unpaired) electrons. The number of carbonyl (C=O) groups excluding carboxylic acids is 4. The average molecular weight is 706 g/mol. The van der Waals surface area contributed by atoms with Gasteiger partial charge in [0.15, 0.2) is 5.78 Å². The molecule has 0 aliphatic carbocycles. The zero-order chi connectivity index (χ0) is 37.2. The third-order valence-corrected chi connectivity index (χ3v) is 9.42. The maximum atomic E-state index is 13.6. The number of amides is 2. The standard InChI is InChI=1S/C42H51N5O5/c1-28(2)24-33(25-29(3)4)41(50)30-19-21-31(22-20-30)42(51)46(5)27-52-23-11-14-34(48)13-10-18-38(49)47-26-32-12-6-7-15-35(32)39-40(44-45-43-39)36-16-8-9-17-37(36)47/h6-9,12,15-17,19-22,28-29,33H,10-11,13-14,18,23-27H2,1-5H3,(H,43,44,45). The number of hydrogen-bond acceptors (Lipinski definition) is 7. The quantitative estimate of drug-likeness (QED) is 0.0668. The van der Waals surface area contributed by atoms with Crippen LogP contribution in [0.4, 0.5) is 5.69 Å². The number of carbonyl (C=O) groups is 4. The van der Waals surface area contributed by atoms with Crippen molar-refractivity contribution in [1.82, 2.24) is 20.3 Å². The van der Waals surface area contributed by atoms with Crippen molar-refractivity contribution in [3.05, 3.63) is 89.5 Å². The van der Waals surface area contributed by atoms with E-state index in [-0.39, 0.29) is 42.5 Å². The predicted molar refractivity (Wildman–Crippen MR) is 203 cm³/mol. The van der Waals surface area contributed by atoms with Gasteiger partial charge in [0.1, 0.15) is 23.9 Å². The minimum absolute atomic E-state index is 0.0247. The van der Waals surface area contributed by atoms with E-state index in [1.54, 1.807) is 36.2 Å². The van der Waals surface area contributed by atoms with Crippen LogP contribution in [0.25, 0.3) is 22.5 Å². The van der Waals surface area contributed by atoms with E-state index in [0.717, 1.165) is 40.9 Å². The predicted octanol–water partition coefficient (Wildman–Crippen LogP) is 8.14. The summed E-state index contributed by atoms with van der Waals surface area (Å²) in [4.78, 5) is 55.8. The fraction of sp³-hybridized carbons (Fsp3) is 0.429. The van der Waals surface area contributed by atoms with Crippen LogP contribution >= 0.6 is 0 Å². The zero-order valence-corrected chi connectivity index (χ0v) is 31.1. The minimum Gasteiger partial charge on any atom is -0.361 e. The fourth-order valence-electron chi connectivity index (χ4n) is 6.89. The van der Waals surface area contributed by atoms with E-state index in [1.807, 2.05) is 48.5 Å². The van der Waals surface area contributed by atoms with Crippen molar-refractivity contribution < 1.29 is 23.9 Å². The molecule has 3 aromatic carbocycles. The van der Waals surface area contributed by atoms with Crippen LogP contribution in [0.5, 0.6) is 0 Å². The summed E-state index contributed by atoms with van der Waals surface area (Å²) in [6.07, 6.45) is 3.55. The van der Waals surface area contributed by atoms with Gasteiger partial charge in [0.25, 0.3) is 5.91 Å². The summed E-state index contributed by atoms with van der Waals surface area (Å²) in [6.45, 7) is 9.35. The monoisotopic (exact) mass is 705 g/mol. The van der Waals surface area contributed by atoms with Crippen LogP contribution in [-0.4, -0.2) is 64.1 Å². The van der Waals surface area contributed by atoms with E-state index in [4.69, 9.17) is 4.74 Å². The summed E-state index contributed by atoms with van der Waals surface area (Å²) in [5.41, 5.74) is 6.08. The molecule has 52 heavy (non-hydrogen) atoms. The highest BCUT2D eigenvalue weighted by Crippen LogP contribution is 2.40. The second kappa shape index (κ2) is 18.0. The second-order valence-electron chi connectivity index (χ2n) is 14.6. The highest BCUT2D eigenvalue weighted by molar-refractivity contribution is 6.01. The van der Waals surface area contributed by atoms with Crippen LogP contribution in [0.1, 0.15) is 98.9 Å². The van der Waals surface area contributed by atoms with Gasteiger partial charge in [-0.3, -0.25) is 19.2 Å². The van der Waals surface area contributed by atoms with Crippen LogP contribution < -0.4 is 4.90 Å². The number of rotatable bonds is 17. The Bertz CT molecular complexity index is 1840. The number of nitrogens with one attached hydrogen (secondary N) is 1. The molecule has 0 unspecified atom stereocenters. The molecule has 0 saturated heterocycles. The first kappa shape index (κ1) is 38.3. The summed E-state index contributed by atoms with van der Waals surface area (Å²) in [7, 11) is 1.67. The van der Waals surface area contributed by atoms with Gasteiger partial charge in [-0.1, -0.05) is 82.3 Å². The van der Waals surface area contributed by atoms with Crippen molar-refractivity contribution >= 4 is 29.1 Å². The number of ether oxygens (including phenoxy) is 1. The Morgan fingerprint density at radius 2 is 1.37 bits per heavy atom. The van der Waals surface area contributed by atoms with Crippen molar-refractivity contribution in [2.24, 2.45) is 17.8 Å². The van der Waals surface area contributed by atoms with Crippen LogP contribution in [0, 0.1) is 17.8 Å². The van der Waals surface area contributed by atoms with Crippen LogP contribution in [0.15, 0.2) is 72.8 Å². The first-order chi connectivity index (χ1) is 25.0. The molecule has 5 rings (SSSR count). The number of anilines is 1. The van der Waals surface area contributed by atoms with Crippen molar-refractivity contribution in [3.8, 4) is 22.5 Å². The first-order valence-corrected chi connectivity index (χ1v) is 18.4. The number of Topliss-reactive ketones (excluding diaryl/α,β-unsaturated/α-hetero) is 2. The Hall–Kier alpha value is -4.96. The smallest absolute Gasteiger partial charge is 0.255 e. The molecule has 1 aliphatic heterocycles. The van der Waals surface area contributed by atoms with Crippen molar-refractivity contribution in [2.45, 2.75) is 79.2 Å². The van der Waals surface area contributed by atoms with E-state index in [0.29, 0.717) is 67.5 Å². The maximum Gasteiger partial charge on any atom is 0.255 e. The highest BCUT2D eigenvalue weighted by atomic mass is 16.5. The fourth-order valence-corrected chi connectivity index (χ4v) is 6.89. The Labute approximate surface area is 306 Å². The number of aromatic nitrogens is 3. The number of fused-ring (bicyclic) bond motifs is 5. The number of ketones is 2. The molecule has 274 valence electrons. The third-order valence-electron chi connectivity index (χ3n) is 9.42. The number of aromatic amines is 1. The molecule has 2 heterocycles. The molecule has 0 atom stereocenters. The van der Waals surface area contributed by atoms with Gasteiger partial charge < -0.3 is 14.5 Å². The number of hydrogen-bond donors (Lipinski definition) is 1. The SMILES string of the molecule is CC(C)CC(CC(C)C)C(=O)c1ccc(C(=O)N(C)COCCCC(=O)CCCC(=O)N2Cc3ccccc3-c3n[nH]nc3-c3ccccc32)cc1. The lowest BCUT2D eigenvalue weighted by molar-refractivity contribution is -0.120. The molecule has 4 aromatic rings. The molecule has 1 aromatic heterocycles. The minimum atomic E-state index is -0.201. The topological polar surface area (TPSA) is 126 Å². The Morgan fingerprint density at radius 3 is 2.06 bits per heavy atom. The molecule has 0 spiro atoms. The number of para-hydroxylation sites is 1. The summed E-state index contributed by atoms with van der Waals surface area (Å²) in [5, 5.41) is 11.6. The van der Waals surface area contributed by atoms with E-state index < -0.39 is 0 Å². The lowest BCUT2D eigenvalue weighted by Crippen LogP contribution is -2.31. The summed E-state index contributed by atoms with van der Waals surface area (Å²) >= 11 is 0. The van der Waals surface area contributed by atoms with E-state index in [2.05, 4.69) is 43.1 Å². The van der Waals surface area contributed by atoms with E-state index in [9.17, 15) is 19.2 Å². The van der Waals surface area contributed by atoms with Gasteiger partial charge in [-0.05, 0) is 61.3 Å². The lowest BCUT2D eigenvalue weighted by Gasteiger charge is -2.28. The first-order valence-electron chi connectivity index (χ1n) is 18.4. The van der Waals surface area contributed by atoms with Crippen molar-refractivity contribution in [3.63, 3.8) is 0 Å². The maximum absolute atomic E-state index is 13.6. The Kier molecular flexibility index (Phi) is 13.2. The molecule has 0 saturated carbocycles. The molecule has 10 nitrogen and oxygen atoms in total. The van der Waals surface area contributed by atoms with Gasteiger partial charge in [-0.25, -0.2) is 0 Å². The van der Waals surface area contributed by atoms with Crippen LogP contribution in [0.3, 0.4) is 0 Å². The Balaban J connectivity index is 1.04. The summed E-state index contributed by atoms with van der Waals surface area (Å²) in [5.74, 6) is 0.791. The van der Waals surface area contributed by atoms with E-state index in [1.165, 1.54) is 4.90 Å². The number of benzene rings is 3. The zero-order valence-electron chi connectivity index (χ0n) is 31.1. The molecule has 10 heteroatoms. The average Bonchev–Trinajstić information content (AvgIpc) is 3.61. The van der Waals surface area contributed by atoms with Gasteiger partial charge in [0, 0.05) is 61.1 Å². The lowest BCUT2D eigenvalue weighted by atomic mass is 9.84. The normalized spacial score (nSPS) is 12.3. The largest absolute Gasteiger partial charge is 0.361 e. The van der Waals surface area contributed by atoms with Crippen LogP contribution in [-0.2, 0) is 20.9 Å². The second-order valence-corrected chi connectivity index (χ2v) is 14.6. The molecule has 2 amide bonds. The number of nitrogens with zero attached hydrogens (tertiary/aromatic N) is 4. The highest BCUT2D eigenvalue weighted by Gasteiger charge is 2.28. The van der Waals surface area contributed by atoms with E-state index >= 15 is 0 Å². The Morgan fingerprint density at radius 1 is 0.769 bits per heavy atom. The number of H-pyrrole nitrogens is 1. The van der Waals surface area contributed by atoms with Crippen LogP contribution in [0.2, 0.25) is 0 Å². The third kappa shape index (κ3) is 9.67. The van der Waals surface area contributed by atoms with Crippen molar-refractivity contribution in [1.29, 1.82) is 0 Å². The van der Waals surface area contributed by atoms with Gasteiger partial charge >= 0.3 is 0 Å². The summed E-state index contributed by atoms with van der Waals surface area (Å²) in [6, 6.07) is 22.5. The van der Waals surface area contributed by atoms with Gasteiger partial charge in [0.05, 0.1) is 12.2 Å². The molecule has 1 aliphatic rings. The summed E-state index contributed by atoms with van der Waals surface area (Å²) < 4.78 is 5.71. The van der Waals surface area contributed by atoms with Gasteiger partial charge in [-0.2, -0.15) is 15.4 Å². The van der Waals surface area contributed by atoms with Crippen molar-refractivity contribution in [2.75, 3.05) is 25.3 Å². The van der Waals surface area contributed by atoms with Gasteiger partial charge in [-0.15, -0.1) is 0 Å². The molecule has 0 bridgehead atoms. The molecule has 1 N–H and O–H groups in total. The molecular formula is C42H51N5O5.